The van der Waals surface area contributed by atoms with Crippen molar-refractivity contribution in [2.45, 2.75) is 19.4 Å². The van der Waals surface area contributed by atoms with E-state index >= 15 is 0 Å². The molecule has 3 nitrogen and oxygen atoms in total. The van der Waals surface area contributed by atoms with Gasteiger partial charge in [0.15, 0.2) is 0 Å². The largest absolute Gasteiger partial charge is 0.508 e. The van der Waals surface area contributed by atoms with E-state index in [9.17, 15) is 5.11 Å². The molecule has 110 valence electrons. The van der Waals surface area contributed by atoms with Crippen LogP contribution in [0.15, 0.2) is 24.3 Å². The summed E-state index contributed by atoms with van der Waals surface area (Å²) in [4.78, 5) is 2.33. The van der Waals surface area contributed by atoms with Crippen LogP contribution >= 0.6 is 23.2 Å². The Balaban J connectivity index is 2.37. The Morgan fingerprint density at radius 3 is 2.60 bits per heavy atom. The van der Waals surface area contributed by atoms with Crippen LogP contribution in [0, 0.1) is 0 Å². The summed E-state index contributed by atoms with van der Waals surface area (Å²) >= 11 is 12.2. The minimum Gasteiger partial charge on any atom is -0.508 e. The highest BCUT2D eigenvalue weighted by Gasteiger charge is 2.26. The first-order valence-corrected chi connectivity index (χ1v) is 7.51. The molecule has 1 aromatic rings. The van der Waals surface area contributed by atoms with Gasteiger partial charge in [-0.25, -0.2) is 0 Å². The summed E-state index contributed by atoms with van der Waals surface area (Å²) in [5.41, 5.74) is 1.82. The Bertz CT molecular complexity index is 476. The third-order valence-electron chi connectivity index (χ3n) is 3.54. The van der Waals surface area contributed by atoms with Gasteiger partial charge >= 0.3 is 0 Å². The molecule has 1 heterocycles. The van der Waals surface area contributed by atoms with Crippen LogP contribution < -0.4 is 5.32 Å². The number of piperazine rings is 1. The maximum absolute atomic E-state index is 10.2. The number of phenolic OH excluding ortho intramolecular Hbond substituents is 1. The summed E-state index contributed by atoms with van der Waals surface area (Å²) in [6.07, 6.45) is 0.773. The van der Waals surface area contributed by atoms with Crippen LogP contribution in [0.25, 0.3) is 0 Å². The third-order valence-corrected chi connectivity index (χ3v) is 4.07. The van der Waals surface area contributed by atoms with E-state index in [-0.39, 0.29) is 11.8 Å². The van der Waals surface area contributed by atoms with E-state index < -0.39 is 0 Å². The Kier molecular flexibility index (Phi) is 5.33. The number of hydrogen-bond donors (Lipinski definition) is 2. The number of benzene rings is 1. The fraction of sp³-hybridized carbons (Fsp3) is 0.467. The molecular formula is C15H20Cl2N2O. The van der Waals surface area contributed by atoms with Crippen molar-refractivity contribution in [3.8, 4) is 5.75 Å². The molecule has 0 saturated carbocycles. The standard InChI is InChI=1S/C15H20Cl2N2O/c1-10(2)7-13(19-5-3-18-4-6-19)15-12(17)8-11(16)9-14(15)20/h8-9,13,18,20H,1,3-7H2,2H3/t13-/m0/s1. The first-order chi connectivity index (χ1) is 9.49. The number of hydrogen-bond acceptors (Lipinski definition) is 3. The average molecular weight is 315 g/mol. The van der Waals surface area contributed by atoms with Gasteiger partial charge in [-0.3, -0.25) is 4.90 Å². The molecule has 2 N–H and O–H groups in total. The van der Waals surface area contributed by atoms with Crippen LogP contribution in [0.2, 0.25) is 10.0 Å². The van der Waals surface area contributed by atoms with Gasteiger partial charge in [0, 0.05) is 42.8 Å². The van der Waals surface area contributed by atoms with Gasteiger partial charge in [-0.1, -0.05) is 28.8 Å². The van der Waals surface area contributed by atoms with E-state index in [1.807, 2.05) is 6.92 Å². The van der Waals surface area contributed by atoms with E-state index in [1.165, 1.54) is 0 Å². The van der Waals surface area contributed by atoms with Crippen molar-refractivity contribution in [1.82, 2.24) is 10.2 Å². The molecule has 0 radical (unpaired) electrons. The second-order valence-corrected chi connectivity index (χ2v) is 6.13. The zero-order valence-corrected chi connectivity index (χ0v) is 13.1. The topological polar surface area (TPSA) is 35.5 Å². The van der Waals surface area contributed by atoms with E-state index in [2.05, 4.69) is 16.8 Å². The highest BCUT2D eigenvalue weighted by Crippen LogP contribution is 2.40. The zero-order valence-electron chi connectivity index (χ0n) is 11.6. The van der Waals surface area contributed by atoms with Crippen molar-refractivity contribution >= 4 is 23.2 Å². The summed E-state index contributed by atoms with van der Waals surface area (Å²) in [7, 11) is 0. The molecule has 1 aromatic carbocycles. The molecule has 1 saturated heterocycles. The first kappa shape index (κ1) is 15.6. The van der Waals surface area contributed by atoms with Crippen LogP contribution in [-0.4, -0.2) is 36.2 Å². The summed E-state index contributed by atoms with van der Waals surface area (Å²) < 4.78 is 0. The lowest BCUT2D eigenvalue weighted by atomic mass is 9.97. The minimum absolute atomic E-state index is 0.0411. The molecule has 0 amide bonds. The smallest absolute Gasteiger partial charge is 0.123 e. The van der Waals surface area contributed by atoms with Crippen molar-refractivity contribution in [1.29, 1.82) is 0 Å². The van der Waals surface area contributed by atoms with Gasteiger partial charge < -0.3 is 10.4 Å². The summed E-state index contributed by atoms with van der Waals surface area (Å²) in [5, 5.41) is 14.5. The Hall–Kier alpha value is -0.740. The fourth-order valence-electron chi connectivity index (χ4n) is 2.64. The van der Waals surface area contributed by atoms with E-state index in [1.54, 1.807) is 12.1 Å². The van der Waals surface area contributed by atoms with Crippen LogP contribution in [-0.2, 0) is 0 Å². The van der Waals surface area contributed by atoms with Gasteiger partial charge in [0.25, 0.3) is 0 Å². The van der Waals surface area contributed by atoms with Gasteiger partial charge in [0.2, 0.25) is 0 Å². The van der Waals surface area contributed by atoms with Crippen molar-refractivity contribution < 1.29 is 5.11 Å². The highest BCUT2D eigenvalue weighted by atomic mass is 35.5. The van der Waals surface area contributed by atoms with Gasteiger partial charge in [-0.05, 0) is 25.5 Å². The summed E-state index contributed by atoms with van der Waals surface area (Å²) in [6.45, 7) is 9.74. The summed E-state index contributed by atoms with van der Waals surface area (Å²) in [6, 6.07) is 3.28. The third kappa shape index (κ3) is 3.67. The number of nitrogens with zero attached hydrogens (tertiary/aromatic N) is 1. The SMILES string of the molecule is C=C(C)C[C@@H](c1c(O)cc(Cl)cc1Cl)N1CCNCC1. The Morgan fingerprint density at radius 2 is 2.05 bits per heavy atom. The number of nitrogens with one attached hydrogen (secondary N) is 1. The minimum atomic E-state index is 0.0411. The van der Waals surface area contributed by atoms with Crippen LogP contribution in [0.1, 0.15) is 24.9 Å². The van der Waals surface area contributed by atoms with Gasteiger partial charge in [-0.15, -0.1) is 6.58 Å². The highest BCUT2D eigenvalue weighted by molar-refractivity contribution is 6.35. The van der Waals surface area contributed by atoms with E-state index in [4.69, 9.17) is 23.2 Å². The van der Waals surface area contributed by atoms with Crippen molar-refractivity contribution in [2.24, 2.45) is 0 Å². The molecule has 0 bridgehead atoms. The van der Waals surface area contributed by atoms with Gasteiger partial charge in [0.1, 0.15) is 5.75 Å². The summed E-state index contributed by atoms with van der Waals surface area (Å²) in [5.74, 6) is 0.160. The number of rotatable bonds is 4. The molecular weight excluding hydrogens is 295 g/mol. The Labute approximate surface area is 130 Å². The maximum Gasteiger partial charge on any atom is 0.123 e. The zero-order chi connectivity index (χ0) is 14.7. The molecule has 0 aliphatic carbocycles. The Morgan fingerprint density at radius 1 is 1.40 bits per heavy atom. The molecule has 0 aromatic heterocycles. The van der Waals surface area contributed by atoms with Gasteiger partial charge in [0.05, 0.1) is 5.02 Å². The molecule has 2 rings (SSSR count). The second-order valence-electron chi connectivity index (χ2n) is 5.28. The van der Waals surface area contributed by atoms with Crippen LogP contribution in [0.3, 0.4) is 0 Å². The predicted molar refractivity (Wildman–Crippen MR) is 84.7 cm³/mol. The lowest BCUT2D eigenvalue weighted by molar-refractivity contribution is 0.170. The maximum atomic E-state index is 10.2. The lowest BCUT2D eigenvalue weighted by Gasteiger charge is -2.36. The normalized spacial score (nSPS) is 17.9. The predicted octanol–water partition coefficient (Wildman–Crippen LogP) is 3.61. The van der Waals surface area contributed by atoms with E-state index in [0.29, 0.717) is 10.0 Å². The van der Waals surface area contributed by atoms with Crippen LogP contribution in [0.4, 0.5) is 0 Å². The lowest BCUT2D eigenvalue weighted by Crippen LogP contribution is -2.45. The quantitative estimate of drug-likeness (QED) is 0.833. The first-order valence-electron chi connectivity index (χ1n) is 6.76. The van der Waals surface area contributed by atoms with Crippen molar-refractivity contribution in [3.05, 3.63) is 39.9 Å². The molecule has 1 aliphatic rings. The molecule has 0 spiro atoms. The number of aromatic hydroxyl groups is 1. The molecule has 1 atom stereocenters. The number of halogens is 2. The average Bonchev–Trinajstić information content (AvgIpc) is 2.37. The second kappa shape index (κ2) is 6.81. The molecule has 20 heavy (non-hydrogen) atoms. The van der Waals surface area contributed by atoms with Gasteiger partial charge in [-0.2, -0.15) is 0 Å². The van der Waals surface area contributed by atoms with E-state index in [0.717, 1.165) is 43.7 Å². The van der Waals surface area contributed by atoms with Crippen molar-refractivity contribution in [3.63, 3.8) is 0 Å². The van der Waals surface area contributed by atoms with Crippen molar-refractivity contribution in [2.75, 3.05) is 26.2 Å². The molecule has 1 fully saturated rings. The molecule has 5 heteroatoms. The monoisotopic (exact) mass is 314 g/mol. The van der Waals surface area contributed by atoms with Crippen LogP contribution in [0.5, 0.6) is 5.75 Å². The molecule has 0 unspecified atom stereocenters. The molecule has 1 aliphatic heterocycles. The number of phenols is 1. The fourth-order valence-corrected chi connectivity index (χ4v) is 3.25.